The number of carbonyl (C=O) groups is 1. The maximum absolute atomic E-state index is 13.1. The average Bonchev–Trinajstić information content (AvgIpc) is 2.92. The van der Waals surface area contributed by atoms with Crippen LogP contribution in [-0.4, -0.2) is 48.6 Å². The van der Waals surface area contributed by atoms with Gasteiger partial charge in [0.1, 0.15) is 11.0 Å². The lowest BCUT2D eigenvalue weighted by atomic mass is 10.1. The summed E-state index contributed by atoms with van der Waals surface area (Å²) in [5, 5.41) is 3.78. The number of benzene rings is 2. The molecule has 6 nitrogen and oxygen atoms in total. The number of anilines is 2. The number of nitrogens with zero attached hydrogens (tertiary/aromatic N) is 4. The number of unbranched alkanes of at least 4 members (excludes halogenated alkanes) is 1. The fourth-order valence-corrected chi connectivity index (χ4v) is 5.10. The van der Waals surface area contributed by atoms with Crippen molar-refractivity contribution in [1.82, 2.24) is 15.3 Å². The summed E-state index contributed by atoms with van der Waals surface area (Å²) in [6.07, 6.45) is -2.39. The number of aromatic nitrogens is 2. The van der Waals surface area contributed by atoms with Gasteiger partial charge in [-0.25, -0.2) is 9.97 Å². The molecule has 0 atom stereocenters. The third kappa shape index (κ3) is 7.54. The number of piperazine rings is 1. The zero-order valence-corrected chi connectivity index (χ0v) is 22.5. The molecule has 1 fully saturated rings. The minimum atomic E-state index is -4.37. The molecule has 1 aliphatic rings. The standard InChI is InChI=1S/C27H29ClF3N5OS/c1-2-3-11-32-25(37)20-9-7-19(8-10-20)18-38-26-33-23(28)17-24(34-26)36-14-12-35(13-15-36)22-6-4-5-21(16-22)27(29,30)31/h4-10,16-17H,2-3,11-15,18H2,1H3,(H,32,37). The van der Waals surface area contributed by atoms with Gasteiger partial charge in [0.15, 0.2) is 5.16 Å². The largest absolute Gasteiger partial charge is 0.416 e. The second kappa shape index (κ2) is 12.7. The van der Waals surface area contributed by atoms with E-state index in [0.29, 0.717) is 65.9 Å². The van der Waals surface area contributed by atoms with Gasteiger partial charge in [-0.2, -0.15) is 13.2 Å². The van der Waals surface area contributed by atoms with Crippen LogP contribution in [0, 0.1) is 0 Å². The van der Waals surface area contributed by atoms with Crippen molar-refractivity contribution in [2.24, 2.45) is 0 Å². The van der Waals surface area contributed by atoms with Crippen molar-refractivity contribution >= 4 is 40.8 Å². The molecule has 1 amide bonds. The quantitative estimate of drug-likeness (QED) is 0.143. The fraction of sp³-hybridized carbons (Fsp3) is 0.370. The zero-order valence-electron chi connectivity index (χ0n) is 21.0. The minimum Gasteiger partial charge on any atom is -0.368 e. The van der Waals surface area contributed by atoms with E-state index < -0.39 is 11.7 Å². The Hall–Kier alpha value is -2.98. The molecule has 2 heterocycles. The van der Waals surface area contributed by atoms with Gasteiger partial charge in [-0.15, -0.1) is 0 Å². The van der Waals surface area contributed by atoms with E-state index in [1.54, 1.807) is 12.1 Å². The molecule has 0 unspecified atom stereocenters. The number of thioether (sulfide) groups is 1. The van der Waals surface area contributed by atoms with Crippen molar-refractivity contribution in [1.29, 1.82) is 0 Å². The molecule has 0 spiro atoms. The lowest BCUT2D eigenvalue weighted by molar-refractivity contribution is -0.137. The first kappa shape index (κ1) is 28.0. The highest BCUT2D eigenvalue weighted by Crippen LogP contribution is 2.32. The van der Waals surface area contributed by atoms with Gasteiger partial charge in [-0.1, -0.05) is 54.9 Å². The first-order valence-corrected chi connectivity index (χ1v) is 13.8. The van der Waals surface area contributed by atoms with Gasteiger partial charge in [0.25, 0.3) is 5.91 Å². The van der Waals surface area contributed by atoms with Gasteiger partial charge in [0.05, 0.1) is 5.56 Å². The normalized spacial score (nSPS) is 14.0. The molecule has 0 bridgehead atoms. The number of amides is 1. The molecule has 2 aromatic carbocycles. The van der Waals surface area contributed by atoms with Crippen LogP contribution in [-0.2, 0) is 11.9 Å². The molecule has 1 saturated heterocycles. The van der Waals surface area contributed by atoms with Gasteiger partial charge in [-0.3, -0.25) is 4.79 Å². The summed E-state index contributed by atoms with van der Waals surface area (Å²) in [7, 11) is 0. The van der Waals surface area contributed by atoms with Crippen LogP contribution in [0.15, 0.2) is 59.8 Å². The van der Waals surface area contributed by atoms with E-state index in [4.69, 9.17) is 11.6 Å². The minimum absolute atomic E-state index is 0.0753. The molecule has 3 aromatic rings. The second-order valence-corrected chi connectivity index (χ2v) is 10.3. The van der Waals surface area contributed by atoms with Crippen LogP contribution in [0.2, 0.25) is 5.15 Å². The molecule has 0 aliphatic carbocycles. The number of hydrogen-bond acceptors (Lipinski definition) is 6. The van der Waals surface area contributed by atoms with E-state index >= 15 is 0 Å². The second-order valence-electron chi connectivity index (χ2n) is 8.95. The van der Waals surface area contributed by atoms with Gasteiger partial charge < -0.3 is 15.1 Å². The maximum Gasteiger partial charge on any atom is 0.416 e. The third-order valence-corrected chi connectivity index (χ3v) is 7.32. The summed E-state index contributed by atoms with van der Waals surface area (Å²) in [4.78, 5) is 25.2. The van der Waals surface area contributed by atoms with Crippen LogP contribution in [0.25, 0.3) is 0 Å². The predicted octanol–water partition coefficient (Wildman–Crippen LogP) is 6.30. The third-order valence-electron chi connectivity index (χ3n) is 6.20. The van der Waals surface area contributed by atoms with Crippen molar-refractivity contribution in [3.63, 3.8) is 0 Å². The summed E-state index contributed by atoms with van der Waals surface area (Å²) >= 11 is 7.74. The summed E-state index contributed by atoms with van der Waals surface area (Å²) in [5.41, 5.74) is 1.56. The summed E-state index contributed by atoms with van der Waals surface area (Å²) < 4.78 is 39.3. The molecular formula is C27H29ClF3N5OS. The van der Waals surface area contributed by atoms with E-state index in [0.717, 1.165) is 24.5 Å². The highest BCUT2D eigenvalue weighted by atomic mass is 35.5. The topological polar surface area (TPSA) is 61.4 Å². The number of halogens is 4. The Morgan fingerprint density at radius 2 is 1.74 bits per heavy atom. The van der Waals surface area contributed by atoms with Crippen LogP contribution >= 0.6 is 23.4 Å². The number of carbonyl (C=O) groups excluding carboxylic acids is 1. The van der Waals surface area contributed by atoms with Crippen molar-refractivity contribution in [2.75, 3.05) is 42.5 Å². The van der Waals surface area contributed by atoms with Gasteiger partial charge in [0, 0.05) is 55.8 Å². The lowest BCUT2D eigenvalue weighted by Gasteiger charge is -2.37. The van der Waals surface area contributed by atoms with E-state index in [2.05, 4.69) is 27.1 Å². The van der Waals surface area contributed by atoms with E-state index in [1.807, 2.05) is 29.2 Å². The Bertz CT molecular complexity index is 1230. The Morgan fingerprint density at radius 3 is 2.42 bits per heavy atom. The first-order chi connectivity index (χ1) is 18.2. The Morgan fingerprint density at radius 1 is 1.03 bits per heavy atom. The first-order valence-electron chi connectivity index (χ1n) is 12.4. The van der Waals surface area contributed by atoms with Crippen LogP contribution < -0.4 is 15.1 Å². The average molecular weight is 564 g/mol. The number of nitrogens with one attached hydrogen (secondary N) is 1. The summed E-state index contributed by atoms with van der Waals surface area (Å²) in [5.74, 6) is 1.23. The summed E-state index contributed by atoms with van der Waals surface area (Å²) in [6.45, 7) is 5.05. The monoisotopic (exact) mass is 563 g/mol. The molecule has 1 N–H and O–H groups in total. The molecular weight excluding hydrogens is 535 g/mol. The van der Waals surface area contributed by atoms with Gasteiger partial charge >= 0.3 is 6.18 Å². The van der Waals surface area contributed by atoms with Gasteiger partial charge in [-0.05, 0) is 42.3 Å². The molecule has 38 heavy (non-hydrogen) atoms. The Balaban J connectivity index is 1.34. The molecule has 4 rings (SSSR count). The number of rotatable bonds is 9. The molecule has 1 aliphatic heterocycles. The van der Waals surface area contributed by atoms with Crippen LogP contribution in [0.1, 0.15) is 41.3 Å². The van der Waals surface area contributed by atoms with Crippen molar-refractivity contribution in [2.45, 2.75) is 36.9 Å². The smallest absolute Gasteiger partial charge is 0.368 e. The van der Waals surface area contributed by atoms with Crippen LogP contribution in [0.5, 0.6) is 0 Å². The van der Waals surface area contributed by atoms with Crippen LogP contribution in [0.4, 0.5) is 24.7 Å². The van der Waals surface area contributed by atoms with E-state index in [9.17, 15) is 18.0 Å². The van der Waals surface area contributed by atoms with Crippen molar-refractivity contribution in [3.8, 4) is 0 Å². The number of hydrogen-bond donors (Lipinski definition) is 1. The lowest BCUT2D eigenvalue weighted by Crippen LogP contribution is -2.47. The molecule has 11 heteroatoms. The maximum atomic E-state index is 13.1. The predicted molar refractivity (Wildman–Crippen MR) is 146 cm³/mol. The van der Waals surface area contributed by atoms with Crippen LogP contribution in [0.3, 0.4) is 0 Å². The molecule has 0 radical (unpaired) electrons. The molecule has 0 saturated carbocycles. The molecule has 202 valence electrons. The van der Waals surface area contributed by atoms with E-state index in [-0.39, 0.29) is 5.91 Å². The molecule has 1 aromatic heterocycles. The Kier molecular flexibility index (Phi) is 9.38. The van der Waals surface area contributed by atoms with E-state index in [1.165, 1.54) is 23.9 Å². The van der Waals surface area contributed by atoms with Gasteiger partial charge in [0.2, 0.25) is 0 Å². The zero-order chi connectivity index (χ0) is 27.1. The highest BCUT2D eigenvalue weighted by molar-refractivity contribution is 7.98. The Labute approximate surface area is 229 Å². The number of alkyl halides is 3. The fourth-order valence-electron chi connectivity index (χ4n) is 4.07. The van der Waals surface area contributed by atoms with Crippen molar-refractivity contribution in [3.05, 3.63) is 76.4 Å². The SMILES string of the molecule is CCCCNC(=O)c1ccc(CSc2nc(Cl)cc(N3CCN(c4cccc(C(F)(F)F)c4)CC3)n2)cc1. The highest BCUT2D eigenvalue weighted by Gasteiger charge is 2.31. The van der Waals surface area contributed by atoms with Crippen molar-refractivity contribution < 1.29 is 18.0 Å². The summed E-state index contributed by atoms with van der Waals surface area (Å²) in [6, 6.07) is 14.6.